The van der Waals surface area contributed by atoms with Crippen molar-refractivity contribution in [2.75, 3.05) is 0 Å². The van der Waals surface area contributed by atoms with Crippen molar-refractivity contribution >= 4 is 0 Å². The highest BCUT2D eigenvalue weighted by Gasteiger charge is 2.01. The zero-order valence-corrected chi connectivity index (χ0v) is 22.0. The van der Waals surface area contributed by atoms with Gasteiger partial charge in [-0.15, -0.1) is 0 Å². The van der Waals surface area contributed by atoms with Crippen LogP contribution in [0.3, 0.4) is 0 Å². The number of unbranched alkanes of at least 4 members (excludes halogenated alkanes) is 22. The first-order chi connectivity index (χ1) is 14.8. The molecule has 0 aromatic carbocycles. The molecule has 0 amide bonds. The maximum atomic E-state index is 2.46. The fraction of sp³-hybridized carbons (Fsp3) is 1.00. The van der Waals surface area contributed by atoms with Crippen LogP contribution in [0, 0.1) is 5.92 Å². The minimum Gasteiger partial charge on any atom is -0.0654 e. The van der Waals surface area contributed by atoms with E-state index in [0.717, 1.165) is 5.92 Å². The molecule has 0 aromatic heterocycles. The molecule has 0 spiro atoms. The van der Waals surface area contributed by atoms with Crippen LogP contribution in [-0.4, -0.2) is 0 Å². The Hall–Kier alpha value is 0. The molecule has 0 fully saturated rings. The van der Waals surface area contributed by atoms with E-state index >= 15 is 0 Å². The molecule has 0 aliphatic heterocycles. The molecule has 0 aromatic rings. The Morgan fingerprint density at radius 2 is 0.500 bits per heavy atom. The molecule has 0 saturated heterocycles. The van der Waals surface area contributed by atoms with Crippen LogP contribution in [0.15, 0.2) is 0 Å². The fourth-order valence-electron chi connectivity index (χ4n) is 4.81. The van der Waals surface area contributed by atoms with Crippen LogP contribution in [0.5, 0.6) is 0 Å². The molecule has 1 unspecified atom stereocenters. The minimum atomic E-state index is 0.969. The Labute approximate surface area is 193 Å². The van der Waals surface area contributed by atoms with Gasteiger partial charge in [-0.1, -0.05) is 188 Å². The van der Waals surface area contributed by atoms with Gasteiger partial charge in [-0.3, -0.25) is 0 Å². The third-order valence-electron chi connectivity index (χ3n) is 7.10. The molecule has 0 nitrogen and oxygen atoms in total. The third kappa shape index (κ3) is 26.0. The van der Waals surface area contributed by atoms with Crippen molar-refractivity contribution < 1.29 is 0 Å². The molecule has 30 heavy (non-hydrogen) atoms. The molecular weight excluding hydrogens is 360 g/mol. The summed E-state index contributed by atoms with van der Waals surface area (Å²) >= 11 is 0. The standard InChI is InChI=1S/C30H62/c1-4-6-8-9-10-11-12-13-14-15-16-17-18-19-20-21-22-23-24-25-27-29-30(3)28-26-7-5-2/h30H,4-29H2,1-3H3. The number of rotatable bonds is 26. The molecule has 0 bridgehead atoms. The predicted octanol–water partition coefficient (Wildman–Crippen LogP) is 11.8. The molecule has 0 N–H and O–H groups in total. The fourth-order valence-corrected chi connectivity index (χ4v) is 4.81. The Morgan fingerprint density at radius 3 is 0.800 bits per heavy atom. The predicted molar refractivity (Wildman–Crippen MR) is 141 cm³/mol. The van der Waals surface area contributed by atoms with E-state index < -0.39 is 0 Å². The maximum Gasteiger partial charge on any atom is -0.0443 e. The van der Waals surface area contributed by atoms with E-state index in [1.807, 2.05) is 0 Å². The average Bonchev–Trinajstić information content (AvgIpc) is 2.75. The topological polar surface area (TPSA) is 0 Å². The zero-order valence-electron chi connectivity index (χ0n) is 22.0. The quantitative estimate of drug-likeness (QED) is 0.122. The summed E-state index contributed by atoms with van der Waals surface area (Å²) in [5, 5.41) is 0. The van der Waals surface area contributed by atoms with Gasteiger partial charge in [-0.05, 0) is 5.92 Å². The molecule has 182 valence electrons. The van der Waals surface area contributed by atoms with Gasteiger partial charge in [0.2, 0.25) is 0 Å². The van der Waals surface area contributed by atoms with Gasteiger partial charge in [-0.2, -0.15) is 0 Å². The second-order valence-corrected chi connectivity index (χ2v) is 10.5. The monoisotopic (exact) mass is 422 g/mol. The second-order valence-electron chi connectivity index (χ2n) is 10.5. The molecule has 0 radical (unpaired) electrons. The highest BCUT2D eigenvalue weighted by molar-refractivity contribution is 4.55. The Balaban J connectivity index is 3.05. The first-order valence-corrected chi connectivity index (χ1v) is 14.8. The van der Waals surface area contributed by atoms with E-state index in [2.05, 4.69) is 20.8 Å². The summed E-state index contributed by atoms with van der Waals surface area (Å²) in [4.78, 5) is 0. The minimum absolute atomic E-state index is 0.969. The summed E-state index contributed by atoms with van der Waals surface area (Å²) in [6.07, 6.45) is 38.3. The Bertz CT molecular complexity index is 282. The number of hydrogen-bond acceptors (Lipinski definition) is 0. The van der Waals surface area contributed by atoms with Crippen LogP contribution in [0.25, 0.3) is 0 Å². The van der Waals surface area contributed by atoms with Gasteiger partial charge in [0.05, 0.1) is 0 Å². The van der Waals surface area contributed by atoms with Crippen molar-refractivity contribution in [3.8, 4) is 0 Å². The zero-order chi connectivity index (χ0) is 22.0. The van der Waals surface area contributed by atoms with Crippen LogP contribution in [0.4, 0.5) is 0 Å². The van der Waals surface area contributed by atoms with E-state index in [4.69, 9.17) is 0 Å². The van der Waals surface area contributed by atoms with Crippen LogP contribution < -0.4 is 0 Å². The van der Waals surface area contributed by atoms with Gasteiger partial charge < -0.3 is 0 Å². The Kier molecular flexibility index (Phi) is 27.0. The van der Waals surface area contributed by atoms with Crippen LogP contribution in [0.2, 0.25) is 0 Å². The lowest BCUT2D eigenvalue weighted by atomic mass is 9.96. The lowest BCUT2D eigenvalue weighted by Gasteiger charge is -2.10. The third-order valence-corrected chi connectivity index (χ3v) is 7.10. The van der Waals surface area contributed by atoms with Gasteiger partial charge >= 0.3 is 0 Å². The van der Waals surface area contributed by atoms with Crippen molar-refractivity contribution in [2.24, 2.45) is 5.92 Å². The molecular formula is C30H62. The Morgan fingerprint density at radius 1 is 0.300 bits per heavy atom. The van der Waals surface area contributed by atoms with E-state index in [1.54, 1.807) is 0 Å². The number of hydrogen-bond donors (Lipinski definition) is 0. The molecule has 0 heteroatoms. The van der Waals surface area contributed by atoms with Gasteiger partial charge in [0, 0.05) is 0 Å². The molecule has 0 saturated carbocycles. The first kappa shape index (κ1) is 30.0. The highest BCUT2D eigenvalue weighted by atomic mass is 14.1. The molecule has 0 rings (SSSR count). The van der Waals surface area contributed by atoms with E-state index in [1.165, 1.54) is 167 Å². The summed E-state index contributed by atoms with van der Waals surface area (Å²) in [6, 6.07) is 0. The normalized spacial score (nSPS) is 12.5. The first-order valence-electron chi connectivity index (χ1n) is 14.8. The summed E-state index contributed by atoms with van der Waals surface area (Å²) in [5.74, 6) is 0.969. The highest BCUT2D eigenvalue weighted by Crippen LogP contribution is 2.18. The van der Waals surface area contributed by atoms with Crippen molar-refractivity contribution in [3.05, 3.63) is 0 Å². The van der Waals surface area contributed by atoms with Gasteiger partial charge in [0.1, 0.15) is 0 Å². The molecule has 0 aliphatic carbocycles. The van der Waals surface area contributed by atoms with Gasteiger partial charge in [-0.25, -0.2) is 0 Å². The lowest BCUT2D eigenvalue weighted by Crippen LogP contribution is -1.94. The van der Waals surface area contributed by atoms with Crippen LogP contribution in [-0.2, 0) is 0 Å². The molecule has 1 atom stereocenters. The SMILES string of the molecule is CCCCCCCCCCCCCCCCCCCCCCCC(C)CCCCC. The van der Waals surface area contributed by atoms with Gasteiger partial charge in [0.15, 0.2) is 0 Å². The lowest BCUT2D eigenvalue weighted by molar-refractivity contribution is 0.435. The smallest absolute Gasteiger partial charge is 0.0443 e. The second kappa shape index (κ2) is 27.0. The van der Waals surface area contributed by atoms with E-state index in [-0.39, 0.29) is 0 Å². The molecule has 0 aliphatic rings. The average molecular weight is 423 g/mol. The summed E-state index contributed by atoms with van der Waals surface area (Å²) in [6.45, 7) is 7.08. The summed E-state index contributed by atoms with van der Waals surface area (Å²) in [7, 11) is 0. The van der Waals surface area contributed by atoms with Crippen molar-refractivity contribution in [1.82, 2.24) is 0 Å². The maximum absolute atomic E-state index is 2.46. The van der Waals surface area contributed by atoms with E-state index in [0.29, 0.717) is 0 Å². The van der Waals surface area contributed by atoms with Crippen molar-refractivity contribution in [1.29, 1.82) is 0 Å². The van der Waals surface area contributed by atoms with Crippen LogP contribution >= 0.6 is 0 Å². The van der Waals surface area contributed by atoms with Crippen molar-refractivity contribution in [2.45, 2.75) is 188 Å². The van der Waals surface area contributed by atoms with Crippen LogP contribution in [0.1, 0.15) is 188 Å². The summed E-state index contributed by atoms with van der Waals surface area (Å²) < 4.78 is 0. The largest absolute Gasteiger partial charge is 0.0654 e. The van der Waals surface area contributed by atoms with Crippen molar-refractivity contribution in [3.63, 3.8) is 0 Å². The molecule has 0 heterocycles. The van der Waals surface area contributed by atoms with E-state index in [9.17, 15) is 0 Å². The summed E-state index contributed by atoms with van der Waals surface area (Å²) in [5.41, 5.74) is 0. The van der Waals surface area contributed by atoms with Gasteiger partial charge in [0.25, 0.3) is 0 Å².